The largest absolute Gasteiger partial charge is 0.247 e. The van der Waals surface area contributed by atoms with Gasteiger partial charge in [0.2, 0.25) is 0 Å². The Hall–Kier alpha value is -0.900. The van der Waals surface area contributed by atoms with Gasteiger partial charge in [-0.25, -0.2) is 12.8 Å². The van der Waals surface area contributed by atoms with E-state index < -0.39 is 21.3 Å². The maximum atomic E-state index is 13.0. The quantitative estimate of drug-likeness (QED) is 0.799. The average molecular weight is 242 g/mol. The van der Waals surface area contributed by atoms with E-state index in [1.54, 1.807) is 30.3 Å². The molecule has 1 aliphatic rings. The molecule has 0 aliphatic heterocycles. The molecule has 0 aromatic heterocycles. The Kier molecular flexibility index (Phi) is 3.28. The fourth-order valence-electron chi connectivity index (χ4n) is 2.14. The zero-order valence-corrected chi connectivity index (χ0v) is 9.79. The van der Waals surface area contributed by atoms with Crippen molar-refractivity contribution in [3.63, 3.8) is 0 Å². The molecule has 0 amide bonds. The van der Waals surface area contributed by atoms with E-state index in [0.717, 1.165) is 0 Å². The van der Waals surface area contributed by atoms with E-state index in [-0.39, 0.29) is 0 Å². The first-order valence-electron chi connectivity index (χ1n) is 5.54. The minimum Gasteiger partial charge on any atom is -0.247 e. The maximum absolute atomic E-state index is 13.0. The summed E-state index contributed by atoms with van der Waals surface area (Å²) < 4.78 is 37.3. The molecule has 1 saturated carbocycles. The molecular weight excluding hydrogens is 227 g/mol. The minimum absolute atomic E-state index is 0.359. The van der Waals surface area contributed by atoms with Gasteiger partial charge < -0.3 is 0 Å². The van der Waals surface area contributed by atoms with Gasteiger partial charge in [0.1, 0.15) is 6.17 Å². The van der Waals surface area contributed by atoms with E-state index in [1.165, 1.54) is 0 Å². The molecule has 1 aromatic rings. The molecule has 2 rings (SSSR count). The number of rotatable bonds is 2. The van der Waals surface area contributed by atoms with Crippen molar-refractivity contribution in [2.24, 2.45) is 0 Å². The van der Waals surface area contributed by atoms with Crippen LogP contribution in [0.15, 0.2) is 35.2 Å². The van der Waals surface area contributed by atoms with Crippen LogP contribution < -0.4 is 0 Å². The third-order valence-electron chi connectivity index (χ3n) is 3.11. The van der Waals surface area contributed by atoms with Crippen LogP contribution in [0.3, 0.4) is 0 Å². The second-order valence-electron chi connectivity index (χ2n) is 4.23. The molecule has 0 spiro atoms. The van der Waals surface area contributed by atoms with E-state index in [2.05, 4.69) is 0 Å². The summed E-state index contributed by atoms with van der Waals surface area (Å²) in [6.07, 6.45) is 0.812. The molecule has 0 atom stereocenters. The third-order valence-corrected chi connectivity index (χ3v) is 5.39. The molecule has 1 aromatic carbocycles. The van der Waals surface area contributed by atoms with Crippen molar-refractivity contribution < 1.29 is 12.8 Å². The van der Waals surface area contributed by atoms with Crippen LogP contribution in [-0.4, -0.2) is 19.8 Å². The lowest BCUT2D eigenvalue weighted by atomic mass is 9.98. The van der Waals surface area contributed by atoms with Gasteiger partial charge in [-0.15, -0.1) is 0 Å². The van der Waals surface area contributed by atoms with Crippen LogP contribution in [0.25, 0.3) is 0 Å². The summed E-state index contributed by atoms with van der Waals surface area (Å²) in [6, 6.07) is 8.44. The predicted octanol–water partition coefficient (Wildman–Crippen LogP) is 2.74. The maximum Gasteiger partial charge on any atom is 0.181 e. The Bertz CT molecular complexity index is 433. The molecule has 0 N–H and O–H groups in total. The highest BCUT2D eigenvalue weighted by molar-refractivity contribution is 7.92. The first kappa shape index (κ1) is 11.6. The third kappa shape index (κ3) is 2.26. The summed E-state index contributed by atoms with van der Waals surface area (Å²) in [6.45, 7) is 0. The fraction of sp³-hybridized carbons (Fsp3) is 0.500. The zero-order valence-electron chi connectivity index (χ0n) is 8.97. The first-order chi connectivity index (χ1) is 7.60. The first-order valence-corrected chi connectivity index (χ1v) is 7.08. The molecular formula is C12H15FO2S. The molecule has 0 radical (unpaired) electrons. The molecule has 0 bridgehead atoms. The lowest BCUT2D eigenvalue weighted by Gasteiger charge is -2.24. The van der Waals surface area contributed by atoms with Crippen LogP contribution in [-0.2, 0) is 9.84 Å². The van der Waals surface area contributed by atoms with Gasteiger partial charge >= 0.3 is 0 Å². The number of hydrogen-bond acceptors (Lipinski definition) is 2. The standard InChI is InChI=1S/C12H15FO2S/c13-10-6-8-12(9-7-10)16(14,15)11-4-2-1-3-5-11/h1-5,10,12H,6-9H2. The number of alkyl halides is 1. The predicted molar refractivity (Wildman–Crippen MR) is 60.8 cm³/mol. The molecule has 1 fully saturated rings. The van der Waals surface area contributed by atoms with Gasteiger partial charge in [-0.2, -0.15) is 0 Å². The Morgan fingerprint density at radius 1 is 1.00 bits per heavy atom. The van der Waals surface area contributed by atoms with Crippen molar-refractivity contribution in [1.29, 1.82) is 0 Å². The normalized spacial score (nSPS) is 26.6. The van der Waals surface area contributed by atoms with Gasteiger partial charge in [0, 0.05) is 0 Å². The van der Waals surface area contributed by atoms with Gasteiger partial charge in [-0.05, 0) is 37.8 Å². The highest BCUT2D eigenvalue weighted by Gasteiger charge is 2.31. The van der Waals surface area contributed by atoms with Crippen LogP contribution in [0.2, 0.25) is 0 Å². The number of hydrogen-bond donors (Lipinski definition) is 0. The topological polar surface area (TPSA) is 34.1 Å². The summed E-state index contributed by atoms with van der Waals surface area (Å²) in [4.78, 5) is 0.359. The van der Waals surface area contributed by atoms with Crippen LogP contribution in [0.5, 0.6) is 0 Å². The summed E-state index contributed by atoms with van der Waals surface area (Å²) in [5.41, 5.74) is 0. The van der Waals surface area contributed by atoms with Gasteiger partial charge in [0.05, 0.1) is 10.1 Å². The van der Waals surface area contributed by atoms with Crippen molar-refractivity contribution >= 4 is 9.84 Å². The summed E-state index contributed by atoms with van der Waals surface area (Å²) in [5, 5.41) is -0.401. The molecule has 16 heavy (non-hydrogen) atoms. The van der Waals surface area contributed by atoms with Gasteiger partial charge in [0.25, 0.3) is 0 Å². The lowest BCUT2D eigenvalue weighted by molar-refractivity contribution is 0.252. The average Bonchev–Trinajstić information content (AvgIpc) is 2.31. The SMILES string of the molecule is O=S(=O)(c1ccccc1)C1CCC(F)CC1. The van der Waals surface area contributed by atoms with Gasteiger partial charge in [-0.3, -0.25) is 0 Å². The molecule has 0 saturated heterocycles. The van der Waals surface area contributed by atoms with Crippen LogP contribution in [0.4, 0.5) is 4.39 Å². The van der Waals surface area contributed by atoms with Crippen molar-refractivity contribution in [3.05, 3.63) is 30.3 Å². The number of sulfone groups is 1. The Labute approximate surface area is 95.4 Å². The molecule has 2 nitrogen and oxygen atoms in total. The summed E-state index contributed by atoms with van der Waals surface area (Å²) in [5.74, 6) is 0. The van der Waals surface area contributed by atoms with Crippen molar-refractivity contribution in [2.45, 2.75) is 42.0 Å². The second-order valence-corrected chi connectivity index (χ2v) is 6.46. The number of halogens is 1. The van der Waals surface area contributed by atoms with E-state index >= 15 is 0 Å². The highest BCUT2D eigenvalue weighted by Crippen LogP contribution is 2.29. The zero-order chi connectivity index (χ0) is 11.6. The van der Waals surface area contributed by atoms with Crippen molar-refractivity contribution in [3.8, 4) is 0 Å². The molecule has 0 heterocycles. The highest BCUT2D eigenvalue weighted by atomic mass is 32.2. The van der Waals surface area contributed by atoms with E-state index in [4.69, 9.17) is 0 Å². The number of benzene rings is 1. The molecule has 88 valence electrons. The second kappa shape index (κ2) is 4.53. The molecule has 0 unspecified atom stereocenters. The van der Waals surface area contributed by atoms with Crippen LogP contribution >= 0.6 is 0 Å². The van der Waals surface area contributed by atoms with E-state index in [0.29, 0.717) is 30.6 Å². The van der Waals surface area contributed by atoms with Gasteiger partial charge in [-0.1, -0.05) is 18.2 Å². The van der Waals surface area contributed by atoms with Crippen molar-refractivity contribution in [1.82, 2.24) is 0 Å². The molecule has 4 heteroatoms. The summed E-state index contributed by atoms with van der Waals surface area (Å²) in [7, 11) is -3.25. The Morgan fingerprint density at radius 3 is 2.12 bits per heavy atom. The Morgan fingerprint density at radius 2 is 1.56 bits per heavy atom. The summed E-state index contributed by atoms with van der Waals surface area (Å²) >= 11 is 0. The Balaban J connectivity index is 2.20. The van der Waals surface area contributed by atoms with Crippen LogP contribution in [0, 0.1) is 0 Å². The fourth-order valence-corrected chi connectivity index (χ4v) is 3.95. The minimum atomic E-state index is -3.25. The van der Waals surface area contributed by atoms with Gasteiger partial charge in [0.15, 0.2) is 9.84 Å². The van der Waals surface area contributed by atoms with E-state index in [1.807, 2.05) is 0 Å². The molecule has 1 aliphatic carbocycles. The van der Waals surface area contributed by atoms with Crippen LogP contribution in [0.1, 0.15) is 25.7 Å². The monoisotopic (exact) mass is 242 g/mol. The van der Waals surface area contributed by atoms with E-state index in [9.17, 15) is 12.8 Å². The smallest absolute Gasteiger partial charge is 0.181 e. The van der Waals surface area contributed by atoms with Crippen molar-refractivity contribution in [2.75, 3.05) is 0 Å². The lowest BCUT2D eigenvalue weighted by Crippen LogP contribution is -2.27.